The summed E-state index contributed by atoms with van der Waals surface area (Å²) in [6, 6.07) is 0. The van der Waals surface area contributed by atoms with E-state index in [1.807, 2.05) is 0 Å². The minimum absolute atomic E-state index is 0.447. The lowest BCUT2D eigenvalue weighted by molar-refractivity contribution is 0.236. The van der Waals surface area contributed by atoms with Gasteiger partial charge in [0.2, 0.25) is 0 Å². The van der Waals surface area contributed by atoms with Crippen LogP contribution in [0, 0.1) is 11.3 Å². The normalized spacial score (nSPS) is 15.0. The van der Waals surface area contributed by atoms with Crippen LogP contribution < -0.4 is 0 Å². The molecule has 0 aromatic carbocycles. The molecule has 11 heavy (non-hydrogen) atoms. The summed E-state index contributed by atoms with van der Waals surface area (Å²) in [5.74, 6) is 0.834. The van der Waals surface area contributed by atoms with Crippen molar-refractivity contribution in [1.82, 2.24) is 0 Å². The predicted octanol–water partition coefficient (Wildman–Crippen LogP) is 4.22. The average molecular weight is 286 g/mol. The third kappa shape index (κ3) is 3.93. The van der Waals surface area contributed by atoms with Gasteiger partial charge in [0.15, 0.2) is 0 Å². The molecule has 0 amide bonds. The van der Waals surface area contributed by atoms with E-state index < -0.39 is 0 Å². The first kappa shape index (κ1) is 12.0. The lowest BCUT2D eigenvalue weighted by atomic mass is 9.78. The second kappa shape index (κ2) is 5.58. The highest BCUT2D eigenvalue weighted by molar-refractivity contribution is 9.09. The zero-order valence-electron chi connectivity index (χ0n) is 7.66. The fourth-order valence-electron chi connectivity index (χ4n) is 1.39. The number of hydrogen-bond donors (Lipinski definition) is 0. The quantitative estimate of drug-likeness (QED) is 0.664. The molecule has 68 valence electrons. The number of halogens is 2. The molecule has 0 bridgehead atoms. The Labute approximate surface area is 87.4 Å². The lowest BCUT2D eigenvalue weighted by Gasteiger charge is -2.31. The summed E-state index contributed by atoms with van der Waals surface area (Å²) in [6.45, 7) is 6.94. The van der Waals surface area contributed by atoms with Crippen LogP contribution in [0.5, 0.6) is 0 Å². The number of hydrogen-bond acceptors (Lipinski definition) is 0. The van der Waals surface area contributed by atoms with Gasteiger partial charge in [-0.2, -0.15) is 0 Å². The maximum atomic E-state index is 3.57. The molecule has 1 atom stereocenters. The summed E-state index contributed by atoms with van der Waals surface area (Å²) in [5, 5.41) is 2.23. The van der Waals surface area contributed by atoms with Gasteiger partial charge in [0.25, 0.3) is 0 Å². The van der Waals surface area contributed by atoms with Gasteiger partial charge in [-0.1, -0.05) is 59.1 Å². The zero-order valence-corrected chi connectivity index (χ0v) is 10.8. The summed E-state index contributed by atoms with van der Waals surface area (Å²) in [6.07, 6.45) is 2.57. The molecule has 0 aliphatic carbocycles. The molecule has 0 spiro atoms. The molecule has 0 aliphatic heterocycles. The minimum Gasteiger partial charge on any atom is -0.0928 e. The first-order valence-corrected chi connectivity index (χ1v) is 6.44. The van der Waals surface area contributed by atoms with E-state index in [-0.39, 0.29) is 0 Å². The van der Waals surface area contributed by atoms with E-state index in [1.165, 1.54) is 12.8 Å². The Bertz CT molecular complexity index is 99.7. The molecule has 0 N–H and O–H groups in total. The van der Waals surface area contributed by atoms with Crippen LogP contribution in [0.25, 0.3) is 0 Å². The van der Waals surface area contributed by atoms with Gasteiger partial charge in [0.05, 0.1) is 0 Å². The van der Waals surface area contributed by atoms with E-state index in [1.54, 1.807) is 0 Å². The highest BCUT2D eigenvalue weighted by Gasteiger charge is 2.25. The second-order valence-corrected chi connectivity index (χ2v) is 5.06. The monoisotopic (exact) mass is 284 g/mol. The van der Waals surface area contributed by atoms with Crippen LogP contribution in [-0.4, -0.2) is 10.7 Å². The number of alkyl halides is 2. The molecular weight excluding hydrogens is 268 g/mol. The Morgan fingerprint density at radius 1 is 1.27 bits per heavy atom. The lowest BCUT2D eigenvalue weighted by Crippen LogP contribution is -2.25. The molecule has 2 heteroatoms. The molecular formula is C9H18Br2. The van der Waals surface area contributed by atoms with Gasteiger partial charge in [-0.3, -0.25) is 0 Å². The van der Waals surface area contributed by atoms with Crippen molar-refractivity contribution in [2.24, 2.45) is 11.3 Å². The Balaban J connectivity index is 3.99. The van der Waals surface area contributed by atoms with E-state index in [9.17, 15) is 0 Å². The molecule has 0 aliphatic rings. The Hall–Kier alpha value is 0.960. The maximum absolute atomic E-state index is 3.57. The Morgan fingerprint density at radius 3 is 2.09 bits per heavy atom. The largest absolute Gasteiger partial charge is 0.0928 e. The van der Waals surface area contributed by atoms with Crippen molar-refractivity contribution in [3.05, 3.63) is 0 Å². The van der Waals surface area contributed by atoms with E-state index in [2.05, 4.69) is 52.6 Å². The molecule has 0 radical (unpaired) electrons. The van der Waals surface area contributed by atoms with Gasteiger partial charge in [-0.05, 0) is 17.8 Å². The van der Waals surface area contributed by atoms with Gasteiger partial charge in [-0.25, -0.2) is 0 Å². The molecule has 0 saturated carbocycles. The third-order valence-corrected chi connectivity index (χ3v) is 4.30. The summed E-state index contributed by atoms with van der Waals surface area (Å²) in [5.41, 5.74) is 0.447. The van der Waals surface area contributed by atoms with Crippen molar-refractivity contribution in [2.45, 2.75) is 33.6 Å². The van der Waals surface area contributed by atoms with Crippen LogP contribution in [-0.2, 0) is 0 Å². The Kier molecular flexibility index (Phi) is 6.07. The van der Waals surface area contributed by atoms with E-state index in [0.717, 1.165) is 16.6 Å². The van der Waals surface area contributed by atoms with Crippen LogP contribution in [0.4, 0.5) is 0 Å². The molecule has 0 heterocycles. The van der Waals surface area contributed by atoms with Crippen molar-refractivity contribution in [3.8, 4) is 0 Å². The van der Waals surface area contributed by atoms with Crippen molar-refractivity contribution in [3.63, 3.8) is 0 Å². The first-order valence-electron chi connectivity index (χ1n) is 4.20. The number of rotatable bonds is 5. The SMILES string of the molecule is CCC(CCBr)C(C)(C)CBr. The molecule has 0 saturated heterocycles. The Morgan fingerprint density at radius 2 is 1.82 bits per heavy atom. The topological polar surface area (TPSA) is 0 Å². The van der Waals surface area contributed by atoms with Crippen molar-refractivity contribution in [1.29, 1.82) is 0 Å². The van der Waals surface area contributed by atoms with Gasteiger partial charge >= 0.3 is 0 Å². The van der Waals surface area contributed by atoms with Crippen LogP contribution in [0.15, 0.2) is 0 Å². The predicted molar refractivity (Wildman–Crippen MR) is 59.8 cm³/mol. The molecule has 0 aromatic heterocycles. The third-order valence-electron chi connectivity index (χ3n) is 2.40. The van der Waals surface area contributed by atoms with Crippen LogP contribution >= 0.6 is 31.9 Å². The van der Waals surface area contributed by atoms with Gasteiger partial charge in [0.1, 0.15) is 0 Å². The van der Waals surface area contributed by atoms with Crippen molar-refractivity contribution < 1.29 is 0 Å². The fourth-order valence-corrected chi connectivity index (χ4v) is 2.40. The van der Waals surface area contributed by atoms with Gasteiger partial charge in [-0.15, -0.1) is 0 Å². The zero-order chi connectivity index (χ0) is 8.91. The highest BCUT2D eigenvalue weighted by atomic mass is 79.9. The van der Waals surface area contributed by atoms with Crippen molar-refractivity contribution >= 4 is 31.9 Å². The van der Waals surface area contributed by atoms with Gasteiger partial charge < -0.3 is 0 Å². The maximum Gasteiger partial charge on any atom is 0.00853 e. The summed E-state index contributed by atoms with van der Waals surface area (Å²) >= 11 is 7.06. The van der Waals surface area contributed by atoms with E-state index >= 15 is 0 Å². The average Bonchev–Trinajstić information content (AvgIpc) is 2.00. The van der Waals surface area contributed by atoms with E-state index in [0.29, 0.717) is 5.41 Å². The fraction of sp³-hybridized carbons (Fsp3) is 1.00. The molecule has 1 unspecified atom stereocenters. The van der Waals surface area contributed by atoms with E-state index in [4.69, 9.17) is 0 Å². The van der Waals surface area contributed by atoms with Crippen LogP contribution in [0.3, 0.4) is 0 Å². The molecule has 0 fully saturated rings. The summed E-state index contributed by atoms with van der Waals surface area (Å²) in [7, 11) is 0. The highest BCUT2D eigenvalue weighted by Crippen LogP contribution is 2.33. The smallest absolute Gasteiger partial charge is 0.00853 e. The second-order valence-electron chi connectivity index (χ2n) is 3.71. The summed E-state index contributed by atoms with van der Waals surface area (Å²) < 4.78 is 0. The van der Waals surface area contributed by atoms with Crippen LogP contribution in [0.1, 0.15) is 33.6 Å². The standard InChI is InChI=1S/C9H18Br2/c1-4-8(5-6-10)9(2,3)7-11/h8H,4-7H2,1-3H3. The molecule has 0 aromatic rings. The van der Waals surface area contributed by atoms with Gasteiger partial charge in [0, 0.05) is 10.7 Å². The van der Waals surface area contributed by atoms with Crippen LogP contribution in [0.2, 0.25) is 0 Å². The summed E-state index contributed by atoms with van der Waals surface area (Å²) in [4.78, 5) is 0. The first-order chi connectivity index (χ1) is 5.08. The van der Waals surface area contributed by atoms with Crippen molar-refractivity contribution in [2.75, 3.05) is 10.7 Å². The molecule has 0 nitrogen and oxygen atoms in total. The minimum atomic E-state index is 0.447. The molecule has 0 rings (SSSR count).